The Kier molecular flexibility index (Phi) is 6.77. The summed E-state index contributed by atoms with van der Waals surface area (Å²) in [7, 11) is 0. The molecule has 0 bridgehead atoms. The molecule has 0 spiro atoms. The van der Waals surface area contributed by atoms with Crippen molar-refractivity contribution >= 4 is 50.5 Å². The fourth-order valence-electron chi connectivity index (χ4n) is 2.52. The number of aromatic nitrogens is 1. The highest BCUT2D eigenvalue weighted by Gasteiger charge is 2.16. The Morgan fingerprint density at radius 2 is 1.89 bits per heavy atom. The lowest BCUT2D eigenvalue weighted by atomic mass is 10.2. The third kappa shape index (κ3) is 5.48. The lowest BCUT2D eigenvalue weighted by Gasteiger charge is -2.26. The maximum atomic E-state index is 14.3. The fraction of sp³-hybridized carbons (Fsp3) is 0.100. The van der Waals surface area contributed by atoms with Crippen molar-refractivity contribution in [2.24, 2.45) is 0 Å². The fourth-order valence-corrected chi connectivity index (χ4v) is 3.26. The molecular formula is C20H16BrClFN3S. The zero-order chi connectivity index (χ0) is 19.2. The van der Waals surface area contributed by atoms with E-state index in [4.69, 9.17) is 23.8 Å². The Bertz CT molecular complexity index is 902. The Hall–Kier alpha value is -2.02. The Morgan fingerprint density at radius 1 is 1.11 bits per heavy atom. The van der Waals surface area contributed by atoms with Crippen LogP contribution in [0.3, 0.4) is 0 Å². The predicted molar refractivity (Wildman–Crippen MR) is 115 cm³/mol. The normalized spacial score (nSPS) is 10.5. The zero-order valence-corrected chi connectivity index (χ0v) is 17.4. The SMILES string of the molecule is Fc1cccc(Cl)c1CN(Cc1cccnc1)C(=S)Nc1ccc(Br)cc1. The highest BCUT2D eigenvalue weighted by Crippen LogP contribution is 2.23. The van der Waals surface area contributed by atoms with E-state index in [1.165, 1.54) is 6.07 Å². The van der Waals surface area contributed by atoms with E-state index < -0.39 is 0 Å². The van der Waals surface area contributed by atoms with Gasteiger partial charge in [0, 0.05) is 46.2 Å². The van der Waals surface area contributed by atoms with Gasteiger partial charge in [0.1, 0.15) is 5.82 Å². The number of thiocarbonyl (C=S) groups is 1. The maximum absolute atomic E-state index is 14.3. The van der Waals surface area contributed by atoms with Crippen molar-refractivity contribution in [3.8, 4) is 0 Å². The molecule has 2 aromatic carbocycles. The van der Waals surface area contributed by atoms with E-state index in [0.717, 1.165) is 15.7 Å². The van der Waals surface area contributed by atoms with Gasteiger partial charge in [0.05, 0.1) is 0 Å². The number of nitrogens with one attached hydrogen (secondary N) is 1. The van der Waals surface area contributed by atoms with Gasteiger partial charge < -0.3 is 10.2 Å². The van der Waals surface area contributed by atoms with Crippen molar-refractivity contribution in [3.05, 3.63) is 93.4 Å². The van der Waals surface area contributed by atoms with E-state index in [0.29, 0.717) is 22.2 Å². The average Bonchev–Trinajstić information content (AvgIpc) is 2.66. The molecule has 0 saturated carbocycles. The van der Waals surface area contributed by atoms with Crippen LogP contribution in [0.1, 0.15) is 11.1 Å². The first kappa shape index (κ1) is 19.7. The van der Waals surface area contributed by atoms with Crippen molar-refractivity contribution < 1.29 is 4.39 Å². The van der Waals surface area contributed by atoms with E-state index in [1.54, 1.807) is 24.5 Å². The molecule has 1 aromatic heterocycles. The molecule has 27 heavy (non-hydrogen) atoms. The summed E-state index contributed by atoms with van der Waals surface area (Å²) in [6.07, 6.45) is 3.47. The number of rotatable bonds is 5. The van der Waals surface area contributed by atoms with Crippen molar-refractivity contribution in [1.29, 1.82) is 0 Å². The molecule has 0 aliphatic rings. The summed E-state index contributed by atoms with van der Waals surface area (Å²) in [6, 6.07) is 16.1. The topological polar surface area (TPSA) is 28.2 Å². The van der Waals surface area contributed by atoms with Gasteiger partial charge in [0.25, 0.3) is 0 Å². The van der Waals surface area contributed by atoms with Gasteiger partial charge in [-0.3, -0.25) is 4.98 Å². The number of hydrogen-bond donors (Lipinski definition) is 1. The molecule has 3 rings (SSSR count). The summed E-state index contributed by atoms with van der Waals surface area (Å²) in [5.74, 6) is -0.356. The lowest BCUT2D eigenvalue weighted by Crippen LogP contribution is -2.34. The molecule has 1 heterocycles. The Morgan fingerprint density at radius 3 is 2.56 bits per heavy atom. The van der Waals surface area contributed by atoms with Gasteiger partial charge in [-0.2, -0.15) is 0 Å². The molecule has 0 amide bonds. The number of hydrogen-bond acceptors (Lipinski definition) is 2. The van der Waals surface area contributed by atoms with E-state index in [2.05, 4.69) is 26.2 Å². The first-order valence-electron chi connectivity index (χ1n) is 8.16. The van der Waals surface area contributed by atoms with Crippen LogP contribution in [0.5, 0.6) is 0 Å². The molecule has 0 aliphatic carbocycles. The van der Waals surface area contributed by atoms with Crippen molar-refractivity contribution in [3.63, 3.8) is 0 Å². The number of benzene rings is 2. The molecule has 0 radical (unpaired) electrons. The first-order chi connectivity index (χ1) is 13.0. The highest BCUT2D eigenvalue weighted by molar-refractivity contribution is 9.10. The third-order valence-electron chi connectivity index (χ3n) is 3.89. The molecule has 138 valence electrons. The van der Waals surface area contributed by atoms with Gasteiger partial charge in [-0.15, -0.1) is 0 Å². The quantitative estimate of drug-likeness (QED) is 0.466. The van der Waals surface area contributed by atoms with Gasteiger partial charge in [0.2, 0.25) is 0 Å². The van der Waals surface area contributed by atoms with Crippen LogP contribution >= 0.6 is 39.7 Å². The predicted octanol–water partition coefficient (Wildman–Crippen LogP) is 6.04. The average molecular weight is 465 g/mol. The summed E-state index contributed by atoms with van der Waals surface area (Å²) in [4.78, 5) is 6.00. The molecule has 7 heteroatoms. The summed E-state index contributed by atoms with van der Waals surface area (Å²) in [5, 5.41) is 4.04. The van der Waals surface area contributed by atoms with Crippen LogP contribution < -0.4 is 5.32 Å². The van der Waals surface area contributed by atoms with Crippen LogP contribution in [0.25, 0.3) is 0 Å². The molecule has 0 unspecified atom stereocenters. The summed E-state index contributed by atoms with van der Waals surface area (Å²) < 4.78 is 15.3. The zero-order valence-electron chi connectivity index (χ0n) is 14.2. The van der Waals surface area contributed by atoms with Crippen LogP contribution in [0, 0.1) is 5.82 Å². The molecule has 0 fully saturated rings. The smallest absolute Gasteiger partial charge is 0.174 e. The Balaban J connectivity index is 1.84. The lowest BCUT2D eigenvalue weighted by molar-refractivity contribution is 0.402. The van der Waals surface area contributed by atoms with Crippen LogP contribution in [-0.2, 0) is 13.1 Å². The monoisotopic (exact) mass is 463 g/mol. The van der Waals surface area contributed by atoms with Gasteiger partial charge in [-0.05, 0) is 60.2 Å². The highest BCUT2D eigenvalue weighted by atomic mass is 79.9. The molecule has 0 saturated heterocycles. The van der Waals surface area contributed by atoms with E-state index in [1.807, 2.05) is 41.3 Å². The molecule has 0 atom stereocenters. The van der Waals surface area contributed by atoms with E-state index >= 15 is 0 Å². The number of anilines is 1. The second-order valence-corrected chi connectivity index (χ2v) is 7.56. The largest absolute Gasteiger partial charge is 0.340 e. The van der Waals surface area contributed by atoms with Crippen molar-refractivity contribution in [1.82, 2.24) is 9.88 Å². The molecule has 3 nitrogen and oxygen atoms in total. The van der Waals surface area contributed by atoms with Crippen LogP contribution in [0.15, 0.2) is 71.5 Å². The first-order valence-corrected chi connectivity index (χ1v) is 9.74. The van der Waals surface area contributed by atoms with Gasteiger partial charge in [-0.25, -0.2) is 4.39 Å². The van der Waals surface area contributed by atoms with Crippen LogP contribution in [-0.4, -0.2) is 15.0 Å². The van der Waals surface area contributed by atoms with Crippen LogP contribution in [0.4, 0.5) is 10.1 Å². The van der Waals surface area contributed by atoms with Gasteiger partial charge in [-0.1, -0.05) is 39.7 Å². The number of halogens is 3. The number of nitrogens with zero attached hydrogens (tertiary/aromatic N) is 2. The number of pyridine rings is 1. The van der Waals surface area contributed by atoms with Gasteiger partial charge >= 0.3 is 0 Å². The molecule has 1 N–H and O–H groups in total. The second kappa shape index (κ2) is 9.26. The summed E-state index contributed by atoms with van der Waals surface area (Å²) in [6.45, 7) is 0.712. The minimum absolute atomic E-state index is 0.239. The van der Waals surface area contributed by atoms with Gasteiger partial charge in [0.15, 0.2) is 5.11 Å². The standard InChI is InChI=1S/C20H16BrClFN3S/c21-15-6-8-16(9-7-15)25-20(27)26(12-14-3-2-10-24-11-14)13-17-18(22)4-1-5-19(17)23/h1-11H,12-13H2,(H,25,27). The van der Waals surface area contributed by atoms with Crippen molar-refractivity contribution in [2.45, 2.75) is 13.1 Å². The van der Waals surface area contributed by atoms with E-state index in [-0.39, 0.29) is 12.4 Å². The maximum Gasteiger partial charge on any atom is 0.174 e. The van der Waals surface area contributed by atoms with E-state index in [9.17, 15) is 4.39 Å². The second-order valence-electron chi connectivity index (χ2n) is 5.85. The van der Waals surface area contributed by atoms with Crippen molar-refractivity contribution in [2.75, 3.05) is 5.32 Å². The minimum Gasteiger partial charge on any atom is -0.340 e. The van der Waals surface area contributed by atoms with Crippen LogP contribution in [0.2, 0.25) is 5.02 Å². The molecule has 3 aromatic rings. The molecular weight excluding hydrogens is 449 g/mol. The summed E-state index contributed by atoms with van der Waals surface area (Å²) in [5.41, 5.74) is 2.21. The summed E-state index contributed by atoms with van der Waals surface area (Å²) >= 11 is 15.2. The Labute approximate surface area is 176 Å². The molecule has 0 aliphatic heterocycles. The third-order valence-corrected chi connectivity index (χ3v) is 5.13. The minimum atomic E-state index is -0.356.